The van der Waals surface area contributed by atoms with Gasteiger partial charge in [-0.2, -0.15) is 0 Å². The number of amides is 1. The molecule has 0 radical (unpaired) electrons. The fraction of sp³-hybridized carbons (Fsp3) is 0.533. The summed E-state index contributed by atoms with van der Waals surface area (Å²) in [6, 6.07) is 6.15. The third-order valence-corrected chi connectivity index (χ3v) is 3.91. The minimum absolute atomic E-state index is 0.0888. The second kappa shape index (κ2) is 5.29. The second-order valence-corrected chi connectivity index (χ2v) is 5.78. The van der Waals surface area contributed by atoms with Gasteiger partial charge in [-0.3, -0.25) is 4.79 Å². The fourth-order valence-electron chi connectivity index (χ4n) is 2.21. The smallest absolute Gasteiger partial charge is 0.237 e. The molecular weight excluding hydrogens is 243 g/mol. The van der Waals surface area contributed by atoms with Crippen molar-refractivity contribution in [2.24, 2.45) is 11.7 Å². The highest BCUT2D eigenvalue weighted by Crippen LogP contribution is 2.47. The van der Waals surface area contributed by atoms with E-state index < -0.39 is 6.04 Å². The molecule has 1 aliphatic carbocycles. The van der Waals surface area contributed by atoms with Crippen LogP contribution < -0.4 is 11.1 Å². The van der Waals surface area contributed by atoms with Gasteiger partial charge in [0.1, 0.15) is 5.82 Å². The van der Waals surface area contributed by atoms with Gasteiger partial charge in [-0.05, 0) is 36.5 Å². The van der Waals surface area contributed by atoms with Gasteiger partial charge in [-0.15, -0.1) is 0 Å². The molecule has 19 heavy (non-hydrogen) atoms. The number of hydrogen-bond acceptors (Lipinski definition) is 2. The summed E-state index contributed by atoms with van der Waals surface area (Å²) in [4.78, 5) is 11.8. The van der Waals surface area contributed by atoms with Gasteiger partial charge in [-0.1, -0.05) is 26.0 Å². The van der Waals surface area contributed by atoms with Crippen LogP contribution in [0.4, 0.5) is 4.39 Å². The van der Waals surface area contributed by atoms with Crippen molar-refractivity contribution in [2.45, 2.75) is 38.1 Å². The maximum absolute atomic E-state index is 13.3. The molecule has 2 rings (SSSR count). The van der Waals surface area contributed by atoms with E-state index in [2.05, 4.69) is 5.32 Å². The van der Waals surface area contributed by atoms with Crippen LogP contribution in [0.15, 0.2) is 24.3 Å². The van der Waals surface area contributed by atoms with Crippen molar-refractivity contribution in [3.63, 3.8) is 0 Å². The van der Waals surface area contributed by atoms with Crippen molar-refractivity contribution < 1.29 is 9.18 Å². The van der Waals surface area contributed by atoms with E-state index in [9.17, 15) is 9.18 Å². The zero-order valence-electron chi connectivity index (χ0n) is 11.4. The summed E-state index contributed by atoms with van der Waals surface area (Å²) in [5.74, 6) is -0.240. The topological polar surface area (TPSA) is 55.1 Å². The minimum atomic E-state index is -0.483. The van der Waals surface area contributed by atoms with E-state index in [1.54, 1.807) is 12.1 Å². The highest BCUT2D eigenvalue weighted by atomic mass is 19.1. The SMILES string of the molecule is CC(C)C(N)C(=O)NCC1(c2cccc(F)c2)CC1. The molecule has 0 aliphatic heterocycles. The molecule has 104 valence electrons. The summed E-state index contributed by atoms with van der Waals surface area (Å²) >= 11 is 0. The number of carbonyl (C=O) groups excluding carboxylic acids is 1. The molecule has 0 bridgehead atoms. The summed E-state index contributed by atoms with van der Waals surface area (Å²) in [6.07, 6.45) is 1.96. The van der Waals surface area contributed by atoms with E-state index >= 15 is 0 Å². The van der Waals surface area contributed by atoms with Crippen LogP contribution in [0.25, 0.3) is 0 Å². The fourth-order valence-corrected chi connectivity index (χ4v) is 2.21. The Kier molecular flexibility index (Phi) is 3.90. The number of benzene rings is 1. The van der Waals surface area contributed by atoms with Crippen LogP contribution in [0.3, 0.4) is 0 Å². The first-order valence-corrected chi connectivity index (χ1v) is 6.74. The number of nitrogens with one attached hydrogen (secondary N) is 1. The van der Waals surface area contributed by atoms with E-state index in [1.165, 1.54) is 6.07 Å². The van der Waals surface area contributed by atoms with Gasteiger partial charge < -0.3 is 11.1 Å². The Labute approximate surface area is 113 Å². The molecule has 1 unspecified atom stereocenters. The highest BCUT2D eigenvalue weighted by molar-refractivity contribution is 5.81. The summed E-state index contributed by atoms with van der Waals surface area (Å²) < 4.78 is 13.3. The third kappa shape index (κ3) is 3.13. The monoisotopic (exact) mass is 264 g/mol. The molecule has 1 fully saturated rings. The van der Waals surface area contributed by atoms with Crippen molar-refractivity contribution >= 4 is 5.91 Å². The molecule has 1 aromatic rings. The van der Waals surface area contributed by atoms with Crippen molar-refractivity contribution in [3.05, 3.63) is 35.6 Å². The van der Waals surface area contributed by atoms with E-state index in [-0.39, 0.29) is 23.1 Å². The standard InChI is InChI=1S/C15H21FN2O/c1-10(2)13(17)14(19)18-9-15(6-7-15)11-4-3-5-12(16)8-11/h3-5,8,10,13H,6-7,9,17H2,1-2H3,(H,18,19). The molecular formula is C15H21FN2O. The van der Waals surface area contributed by atoms with Gasteiger partial charge in [0.25, 0.3) is 0 Å². The Morgan fingerprint density at radius 2 is 2.16 bits per heavy atom. The van der Waals surface area contributed by atoms with E-state index in [1.807, 2.05) is 19.9 Å². The van der Waals surface area contributed by atoms with Gasteiger partial charge >= 0.3 is 0 Å². The lowest BCUT2D eigenvalue weighted by Crippen LogP contribution is -2.46. The quantitative estimate of drug-likeness (QED) is 0.854. The van der Waals surface area contributed by atoms with Crippen molar-refractivity contribution in [1.29, 1.82) is 0 Å². The first kappa shape index (κ1) is 14.0. The second-order valence-electron chi connectivity index (χ2n) is 5.78. The van der Waals surface area contributed by atoms with E-state index in [0.717, 1.165) is 18.4 Å². The summed E-state index contributed by atoms with van der Waals surface area (Å²) in [7, 11) is 0. The summed E-state index contributed by atoms with van der Waals surface area (Å²) in [5.41, 5.74) is 6.68. The normalized spacial score (nSPS) is 18.2. The minimum Gasteiger partial charge on any atom is -0.354 e. The molecule has 1 saturated carbocycles. The van der Waals surface area contributed by atoms with Crippen molar-refractivity contribution in [3.8, 4) is 0 Å². The zero-order chi connectivity index (χ0) is 14.0. The van der Waals surface area contributed by atoms with Crippen molar-refractivity contribution in [2.75, 3.05) is 6.54 Å². The van der Waals surface area contributed by atoms with Gasteiger partial charge in [-0.25, -0.2) is 4.39 Å². The highest BCUT2D eigenvalue weighted by Gasteiger charge is 2.44. The molecule has 0 spiro atoms. The molecule has 1 amide bonds. The van der Waals surface area contributed by atoms with Crippen LogP contribution in [-0.2, 0) is 10.2 Å². The largest absolute Gasteiger partial charge is 0.354 e. The molecule has 0 aromatic heterocycles. The number of nitrogens with two attached hydrogens (primary N) is 1. The third-order valence-electron chi connectivity index (χ3n) is 3.91. The van der Waals surface area contributed by atoms with Crippen LogP contribution in [0.1, 0.15) is 32.3 Å². The van der Waals surface area contributed by atoms with Gasteiger partial charge in [0.05, 0.1) is 6.04 Å². The van der Waals surface area contributed by atoms with Crippen LogP contribution in [0.2, 0.25) is 0 Å². The maximum atomic E-state index is 13.3. The molecule has 1 aliphatic rings. The lowest BCUT2D eigenvalue weighted by molar-refractivity contribution is -0.123. The molecule has 0 saturated heterocycles. The van der Waals surface area contributed by atoms with Crippen LogP contribution in [-0.4, -0.2) is 18.5 Å². The van der Waals surface area contributed by atoms with Gasteiger partial charge in [0.2, 0.25) is 5.91 Å². The first-order valence-electron chi connectivity index (χ1n) is 6.74. The first-order chi connectivity index (χ1) is 8.94. The maximum Gasteiger partial charge on any atom is 0.237 e. The Balaban J connectivity index is 1.98. The molecule has 3 nitrogen and oxygen atoms in total. The number of carbonyl (C=O) groups is 1. The van der Waals surface area contributed by atoms with Crippen LogP contribution in [0, 0.1) is 11.7 Å². The molecule has 0 heterocycles. The van der Waals surface area contributed by atoms with Crippen LogP contribution >= 0.6 is 0 Å². The average Bonchev–Trinajstić information content (AvgIpc) is 3.16. The predicted octanol–water partition coefficient (Wildman–Crippen LogP) is 1.96. The average molecular weight is 264 g/mol. The number of rotatable bonds is 5. The number of halogens is 1. The Morgan fingerprint density at radius 1 is 1.47 bits per heavy atom. The Hall–Kier alpha value is -1.42. The molecule has 4 heteroatoms. The van der Waals surface area contributed by atoms with Gasteiger partial charge in [0.15, 0.2) is 0 Å². The van der Waals surface area contributed by atoms with Crippen LogP contribution in [0.5, 0.6) is 0 Å². The van der Waals surface area contributed by atoms with E-state index in [0.29, 0.717) is 6.54 Å². The van der Waals surface area contributed by atoms with Gasteiger partial charge in [0, 0.05) is 12.0 Å². The van der Waals surface area contributed by atoms with Crippen molar-refractivity contribution in [1.82, 2.24) is 5.32 Å². The lowest BCUT2D eigenvalue weighted by atomic mass is 9.95. The molecule has 1 atom stereocenters. The molecule has 1 aromatic carbocycles. The zero-order valence-corrected chi connectivity index (χ0v) is 11.4. The van der Waals surface area contributed by atoms with E-state index in [4.69, 9.17) is 5.73 Å². The summed E-state index contributed by atoms with van der Waals surface area (Å²) in [5, 5.41) is 2.90. The molecule has 3 N–H and O–H groups in total. The predicted molar refractivity (Wildman–Crippen MR) is 73.1 cm³/mol. The Morgan fingerprint density at radius 3 is 2.68 bits per heavy atom. The lowest BCUT2D eigenvalue weighted by Gasteiger charge is -2.20. The number of hydrogen-bond donors (Lipinski definition) is 2. The summed E-state index contributed by atoms with van der Waals surface area (Å²) in [6.45, 7) is 4.38. The Bertz CT molecular complexity index is 469.